The molecule has 0 bridgehead atoms. The molecule has 2 aromatic carbocycles. The second kappa shape index (κ2) is 9.56. The molecule has 0 atom stereocenters. The first-order chi connectivity index (χ1) is 16.3. The number of hydrogen-bond donors (Lipinski definition) is 1. The molecule has 3 amide bonds. The van der Waals surface area contributed by atoms with Crippen LogP contribution >= 0.6 is 11.6 Å². The number of halogens is 1. The van der Waals surface area contributed by atoms with Gasteiger partial charge in [0, 0.05) is 34.8 Å². The summed E-state index contributed by atoms with van der Waals surface area (Å²) in [6, 6.07) is 11.3. The maximum Gasteiger partial charge on any atom is 0.324 e. The summed E-state index contributed by atoms with van der Waals surface area (Å²) in [4.78, 5) is 50.7. The van der Waals surface area contributed by atoms with Crippen molar-refractivity contribution >= 4 is 46.3 Å². The molecule has 1 aromatic heterocycles. The molecule has 0 unspecified atom stereocenters. The van der Waals surface area contributed by atoms with Crippen LogP contribution in [0.5, 0.6) is 5.75 Å². The number of nitrogens with zero attached hydrogens (tertiary/aromatic N) is 2. The average molecular weight is 484 g/mol. The van der Waals surface area contributed by atoms with Crippen molar-refractivity contribution in [3.63, 3.8) is 0 Å². The highest BCUT2D eigenvalue weighted by Gasteiger charge is 2.27. The first-order valence-electron chi connectivity index (χ1n) is 10.5. The summed E-state index contributed by atoms with van der Waals surface area (Å²) in [5, 5.41) is 3.69. The van der Waals surface area contributed by atoms with Gasteiger partial charge in [0.2, 0.25) is 0 Å². The Labute approximate surface area is 200 Å². The van der Waals surface area contributed by atoms with Gasteiger partial charge in [0.15, 0.2) is 6.61 Å². The predicted molar refractivity (Wildman–Crippen MR) is 124 cm³/mol. The monoisotopic (exact) mass is 483 g/mol. The van der Waals surface area contributed by atoms with Gasteiger partial charge in [-0.05, 0) is 55.0 Å². The van der Waals surface area contributed by atoms with Crippen molar-refractivity contribution in [2.45, 2.75) is 13.3 Å². The number of aromatic nitrogens is 1. The van der Waals surface area contributed by atoms with Crippen molar-refractivity contribution in [3.05, 3.63) is 64.3 Å². The largest absolute Gasteiger partial charge is 0.497 e. The topological polar surface area (TPSA) is 107 Å². The van der Waals surface area contributed by atoms with E-state index < -0.39 is 24.5 Å². The summed E-state index contributed by atoms with van der Waals surface area (Å²) in [5.74, 6) is -0.966. The van der Waals surface area contributed by atoms with Crippen LogP contribution in [0.1, 0.15) is 21.6 Å². The lowest BCUT2D eigenvalue weighted by molar-refractivity contribution is -0.150. The van der Waals surface area contributed by atoms with Gasteiger partial charge in [0.05, 0.1) is 19.0 Å². The molecule has 0 aliphatic carbocycles. The molecule has 3 aromatic rings. The summed E-state index contributed by atoms with van der Waals surface area (Å²) in [6.07, 6.45) is -0.171. The SMILES string of the molecule is COc1ccc2c(c1)c(CC(=O)OCC(=O)N1CCNC1=O)c(C)n2C(=O)c1ccc(Cl)cc1. The van der Waals surface area contributed by atoms with Gasteiger partial charge in [0.1, 0.15) is 5.75 Å². The van der Waals surface area contributed by atoms with Gasteiger partial charge in [-0.2, -0.15) is 0 Å². The van der Waals surface area contributed by atoms with Crippen molar-refractivity contribution in [2.24, 2.45) is 0 Å². The number of esters is 1. The zero-order chi connectivity index (χ0) is 24.4. The third-order valence-corrected chi connectivity index (χ3v) is 5.92. The number of hydrogen-bond acceptors (Lipinski definition) is 6. The van der Waals surface area contributed by atoms with E-state index in [1.54, 1.807) is 49.4 Å². The lowest BCUT2D eigenvalue weighted by atomic mass is 10.1. The van der Waals surface area contributed by atoms with E-state index in [0.717, 1.165) is 4.90 Å². The van der Waals surface area contributed by atoms with Gasteiger partial charge >= 0.3 is 12.0 Å². The molecule has 0 radical (unpaired) electrons. The molecular weight excluding hydrogens is 462 g/mol. The third-order valence-electron chi connectivity index (χ3n) is 5.67. The fraction of sp³-hybridized carbons (Fsp3) is 0.250. The normalized spacial score (nSPS) is 13.1. The van der Waals surface area contributed by atoms with Crippen molar-refractivity contribution in [2.75, 3.05) is 26.8 Å². The van der Waals surface area contributed by atoms with Crippen LogP contribution in [0.2, 0.25) is 5.02 Å². The van der Waals surface area contributed by atoms with E-state index in [2.05, 4.69) is 5.32 Å². The average Bonchev–Trinajstić information content (AvgIpc) is 3.38. The zero-order valence-corrected chi connectivity index (χ0v) is 19.3. The van der Waals surface area contributed by atoms with Crippen LogP contribution in [-0.4, -0.2) is 60.1 Å². The standard InChI is InChI=1S/C24H22ClN3O6/c1-14-18(12-22(30)34-13-21(29)27-10-9-26-24(27)32)19-11-17(33-2)7-8-20(19)28(14)23(31)15-3-5-16(25)6-4-15/h3-8,11H,9-10,12-13H2,1-2H3,(H,26,32). The zero-order valence-electron chi connectivity index (χ0n) is 18.6. The summed E-state index contributed by atoms with van der Waals surface area (Å²) in [5.41, 5.74) is 2.17. The number of benzene rings is 2. The number of urea groups is 1. The fourth-order valence-corrected chi connectivity index (χ4v) is 4.05. The quantitative estimate of drug-likeness (QED) is 0.540. The molecule has 1 aliphatic rings. The minimum Gasteiger partial charge on any atom is -0.497 e. The number of ether oxygens (including phenoxy) is 2. The van der Waals surface area contributed by atoms with Crippen LogP contribution in [0.4, 0.5) is 4.79 Å². The lowest BCUT2D eigenvalue weighted by Crippen LogP contribution is -2.37. The summed E-state index contributed by atoms with van der Waals surface area (Å²) in [6.45, 7) is 1.79. The first kappa shape index (κ1) is 23.3. The Morgan fingerprint density at radius 1 is 1.12 bits per heavy atom. The highest BCUT2D eigenvalue weighted by Crippen LogP contribution is 2.31. The van der Waals surface area contributed by atoms with Crippen molar-refractivity contribution < 1.29 is 28.7 Å². The van der Waals surface area contributed by atoms with Crippen molar-refractivity contribution in [1.29, 1.82) is 0 Å². The van der Waals surface area contributed by atoms with Gasteiger partial charge in [-0.15, -0.1) is 0 Å². The Hall–Kier alpha value is -3.85. The van der Waals surface area contributed by atoms with Crippen LogP contribution in [0, 0.1) is 6.92 Å². The van der Waals surface area contributed by atoms with E-state index in [9.17, 15) is 19.2 Å². The molecular formula is C24H22ClN3O6. The van der Waals surface area contributed by atoms with Crippen LogP contribution in [0.15, 0.2) is 42.5 Å². The van der Waals surface area contributed by atoms with Crippen LogP contribution in [-0.2, 0) is 20.7 Å². The molecule has 4 rings (SSSR count). The van der Waals surface area contributed by atoms with Crippen LogP contribution < -0.4 is 10.1 Å². The summed E-state index contributed by atoms with van der Waals surface area (Å²) < 4.78 is 12.0. The number of carbonyl (C=O) groups excluding carboxylic acids is 4. The highest BCUT2D eigenvalue weighted by molar-refractivity contribution is 6.30. The maximum atomic E-state index is 13.3. The molecule has 9 nitrogen and oxygen atoms in total. The summed E-state index contributed by atoms with van der Waals surface area (Å²) in [7, 11) is 1.53. The second-order valence-electron chi connectivity index (χ2n) is 7.71. The number of methoxy groups -OCH3 is 1. The molecule has 10 heteroatoms. The lowest BCUT2D eigenvalue weighted by Gasteiger charge is -2.12. The molecule has 1 aliphatic heterocycles. The van der Waals surface area contributed by atoms with Gasteiger partial charge in [-0.3, -0.25) is 23.9 Å². The summed E-state index contributed by atoms with van der Waals surface area (Å²) >= 11 is 5.95. The molecule has 34 heavy (non-hydrogen) atoms. The molecule has 176 valence electrons. The van der Waals surface area contributed by atoms with E-state index in [1.165, 1.54) is 11.7 Å². The van der Waals surface area contributed by atoms with Crippen molar-refractivity contribution in [3.8, 4) is 5.75 Å². The Bertz CT molecular complexity index is 1300. The van der Waals surface area contributed by atoms with E-state index in [1.807, 2.05) is 0 Å². The van der Waals surface area contributed by atoms with Crippen LogP contribution in [0.3, 0.4) is 0 Å². The third kappa shape index (κ3) is 4.47. The van der Waals surface area contributed by atoms with Gasteiger partial charge in [-0.25, -0.2) is 4.79 Å². The number of nitrogens with one attached hydrogen (secondary N) is 1. The molecule has 2 heterocycles. The first-order valence-corrected chi connectivity index (χ1v) is 10.9. The van der Waals surface area contributed by atoms with Gasteiger partial charge in [-0.1, -0.05) is 11.6 Å². The van der Waals surface area contributed by atoms with Crippen LogP contribution in [0.25, 0.3) is 10.9 Å². The number of carbonyl (C=O) groups is 4. The Balaban J connectivity index is 1.62. The van der Waals surface area contributed by atoms with Crippen molar-refractivity contribution in [1.82, 2.24) is 14.8 Å². The minimum atomic E-state index is -0.656. The molecule has 0 spiro atoms. The predicted octanol–water partition coefficient (Wildman–Crippen LogP) is 2.94. The Morgan fingerprint density at radius 3 is 2.50 bits per heavy atom. The van der Waals surface area contributed by atoms with E-state index in [4.69, 9.17) is 21.1 Å². The van der Waals surface area contributed by atoms with Gasteiger partial charge in [0.25, 0.3) is 11.8 Å². The maximum absolute atomic E-state index is 13.3. The highest BCUT2D eigenvalue weighted by atomic mass is 35.5. The molecule has 0 saturated carbocycles. The van der Waals surface area contributed by atoms with E-state index in [0.29, 0.717) is 45.0 Å². The number of fused-ring (bicyclic) bond motifs is 1. The van der Waals surface area contributed by atoms with Gasteiger partial charge < -0.3 is 14.8 Å². The fourth-order valence-electron chi connectivity index (χ4n) is 3.92. The molecule has 1 saturated heterocycles. The van der Waals surface area contributed by atoms with E-state index in [-0.39, 0.29) is 18.9 Å². The Kier molecular flexibility index (Phi) is 6.56. The Morgan fingerprint density at radius 2 is 1.85 bits per heavy atom. The second-order valence-corrected chi connectivity index (χ2v) is 8.15. The smallest absolute Gasteiger partial charge is 0.324 e. The molecule has 1 fully saturated rings. The number of amides is 3. The number of rotatable bonds is 6. The minimum absolute atomic E-state index is 0.171. The van der Waals surface area contributed by atoms with E-state index >= 15 is 0 Å². The number of imide groups is 1. The molecule has 1 N–H and O–H groups in total.